The van der Waals surface area contributed by atoms with Gasteiger partial charge < -0.3 is 4.74 Å². The van der Waals surface area contributed by atoms with Gasteiger partial charge in [0.2, 0.25) is 0 Å². The lowest BCUT2D eigenvalue weighted by Crippen LogP contribution is -2.07. The van der Waals surface area contributed by atoms with Gasteiger partial charge >= 0.3 is 6.18 Å². The van der Waals surface area contributed by atoms with E-state index in [9.17, 15) is 13.2 Å². The quantitative estimate of drug-likeness (QED) is 0.361. The van der Waals surface area contributed by atoms with Crippen molar-refractivity contribution < 1.29 is 17.9 Å². The van der Waals surface area contributed by atoms with E-state index < -0.39 is 11.7 Å². The maximum absolute atomic E-state index is 13.3. The molecule has 0 fully saturated rings. The molecule has 0 spiro atoms. The highest BCUT2D eigenvalue weighted by Gasteiger charge is 2.31. The van der Waals surface area contributed by atoms with Gasteiger partial charge in [-0.15, -0.1) is 10.2 Å². The van der Waals surface area contributed by atoms with Crippen LogP contribution in [0.1, 0.15) is 11.1 Å². The van der Waals surface area contributed by atoms with Crippen LogP contribution in [0.4, 0.5) is 13.2 Å². The first-order valence-corrected chi connectivity index (χ1v) is 10.2. The average molecular weight is 442 g/mol. The van der Waals surface area contributed by atoms with E-state index in [0.717, 1.165) is 17.7 Å². The van der Waals surface area contributed by atoms with Crippen LogP contribution < -0.4 is 4.74 Å². The van der Waals surface area contributed by atoms with Crippen LogP contribution in [-0.4, -0.2) is 26.9 Å². The molecule has 2 aromatic carbocycles. The number of pyridine rings is 1. The van der Waals surface area contributed by atoms with Crippen molar-refractivity contribution in [3.63, 3.8) is 0 Å². The second-order valence-electron chi connectivity index (χ2n) is 6.57. The van der Waals surface area contributed by atoms with Gasteiger partial charge in [-0.25, -0.2) is 0 Å². The van der Waals surface area contributed by atoms with Crippen LogP contribution in [0, 0.1) is 0 Å². The number of hydrogen-bond donors (Lipinski definition) is 0. The first kappa shape index (κ1) is 20.9. The minimum atomic E-state index is -4.45. The number of nitrogens with zero attached hydrogens (tertiary/aromatic N) is 4. The van der Waals surface area contributed by atoms with E-state index in [1.165, 1.54) is 17.8 Å². The predicted octanol–water partition coefficient (Wildman–Crippen LogP) is 5.65. The lowest BCUT2D eigenvalue weighted by molar-refractivity contribution is -0.137. The summed E-state index contributed by atoms with van der Waals surface area (Å²) >= 11 is 1.37. The smallest absolute Gasteiger partial charge is 0.416 e. The highest BCUT2D eigenvalue weighted by molar-refractivity contribution is 7.98. The molecule has 0 aliphatic heterocycles. The number of benzene rings is 2. The zero-order valence-corrected chi connectivity index (χ0v) is 17.2. The monoisotopic (exact) mass is 442 g/mol. The molecule has 4 rings (SSSR count). The van der Waals surface area contributed by atoms with Crippen LogP contribution in [0.2, 0.25) is 0 Å². The molecule has 9 heteroatoms. The van der Waals surface area contributed by atoms with Crippen molar-refractivity contribution >= 4 is 11.8 Å². The molecule has 4 aromatic rings. The molecule has 0 atom stereocenters. The molecular weight excluding hydrogens is 425 g/mol. The molecule has 2 aromatic heterocycles. The van der Waals surface area contributed by atoms with E-state index in [4.69, 9.17) is 4.74 Å². The van der Waals surface area contributed by atoms with Gasteiger partial charge in [-0.05, 0) is 54.1 Å². The van der Waals surface area contributed by atoms with Crippen molar-refractivity contribution in [2.45, 2.75) is 17.1 Å². The van der Waals surface area contributed by atoms with Gasteiger partial charge in [0.05, 0.1) is 18.4 Å². The first-order valence-electron chi connectivity index (χ1n) is 9.25. The molecule has 5 nitrogen and oxygen atoms in total. The third-order valence-electron chi connectivity index (χ3n) is 4.50. The van der Waals surface area contributed by atoms with E-state index in [-0.39, 0.29) is 0 Å². The second kappa shape index (κ2) is 8.81. The number of thioether (sulfide) groups is 1. The van der Waals surface area contributed by atoms with Crippen LogP contribution in [0.3, 0.4) is 0 Å². The largest absolute Gasteiger partial charge is 0.497 e. The number of rotatable bonds is 6. The highest BCUT2D eigenvalue weighted by atomic mass is 32.2. The fourth-order valence-corrected chi connectivity index (χ4v) is 3.86. The summed E-state index contributed by atoms with van der Waals surface area (Å²) in [6.45, 7) is 0. The maximum Gasteiger partial charge on any atom is 0.416 e. The Bertz CT molecular complexity index is 1160. The van der Waals surface area contributed by atoms with Crippen LogP contribution in [0.15, 0.2) is 78.2 Å². The van der Waals surface area contributed by atoms with Gasteiger partial charge in [0, 0.05) is 23.7 Å². The molecule has 0 saturated carbocycles. The Morgan fingerprint density at radius 2 is 1.81 bits per heavy atom. The zero-order valence-electron chi connectivity index (χ0n) is 16.4. The van der Waals surface area contributed by atoms with E-state index in [1.54, 1.807) is 54.4 Å². The van der Waals surface area contributed by atoms with E-state index >= 15 is 0 Å². The summed E-state index contributed by atoms with van der Waals surface area (Å²) in [4.78, 5) is 4.09. The van der Waals surface area contributed by atoms with Crippen LogP contribution in [-0.2, 0) is 11.9 Å². The number of methoxy groups -OCH3 is 1. The molecule has 0 bridgehead atoms. The lowest BCUT2D eigenvalue weighted by Gasteiger charge is -2.13. The molecule has 2 heterocycles. The van der Waals surface area contributed by atoms with E-state index in [0.29, 0.717) is 33.7 Å². The summed E-state index contributed by atoms with van der Waals surface area (Å²) in [6.07, 6.45) is -1.03. The summed E-state index contributed by atoms with van der Waals surface area (Å²) < 4.78 is 46.8. The number of aromatic nitrogens is 4. The fraction of sp³-hybridized carbons (Fsp3) is 0.136. The summed E-state index contributed by atoms with van der Waals surface area (Å²) in [5.41, 5.74) is 1.28. The average Bonchev–Trinajstić information content (AvgIpc) is 3.22. The molecule has 0 amide bonds. The molecule has 31 heavy (non-hydrogen) atoms. The summed E-state index contributed by atoms with van der Waals surface area (Å²) in [5.74, 6) is 1.66. The maximum atomic E-state index is 13.3. The Labute approximate surface area is 180 Å². The summed E-state index contributed by atoms with van der Waals surface area (Å²) in [5, 5.41) is 9.02. The number of alkyl halides is 3. The molecule has 0 aliphatic rings. The third kappa shape index (κ3) is 4.72. The normalized spacial score (nSPS) is 11.5. The van der Waals surface area contributed by atoms with Gasteiger partial charge in [-0.3, -0.25) is 9.55 Å². The number of ether oxygens (including phenoxy) is 1. The molecule has 0 N–H and O–H groups in total. The second-order valence-corrected chi connectivity index (χ2v) is 7.51. The Kier molecular flexibility index (Phi) is 5.94. The Morgan fingerprint density at radius 1 is 1.00 bits per heavy atom. The summed E-state index contributed by atoms with van der Waals surface area (Å²) in [6, 6.07) is 16.0. The lowest BCUT2D eigenvalue weighted by atomic mass is 10.1. The molecule has 0 unspecified atom stereocenters. The van der Waals surface area contributed by atoms with Crippen LogP contribution in [0.5, 0.6) is 5.75 Å². The first-order chi connectivity index (χ1) is 15.0. The van der Waals surface area contributed by atoms with Crippen molar-refractivity contribution in [3.8, 4) is 22.8 Å². The molecule has 0 aliphatic carbocycles. The Morgan fingerprint density at radius 3 is 2.48 bits per heavy atom. The van der Waals surface area contributed by atoms with E-state index in [1.807, 2.05) is 12.1 Å². The van der Waals surface area contributed by atoms with Crippen molar-refractivity contribution in [3.05, 3.63) is 84.2 Å². The molecule has 0 saturated heterocycles. The van der Waals surface area contributed by atoms with Crippen molar-refractivity contribution in [1.82, 2.24) is 19.7 Å². The third-order valence-corrected chi connectivity index (χ3v) is 5.50. The van der Waals surface area contributed by atoms with Crippen LogP contribution in [0.25, 0.3) is 17.1 Å². The van der Waals surface area contributed by atoms with Gasteiger partial charge in [-0.2, -0.15) is 13.2 Å². The van der Waals surface area contributed by atoms with E-state index in [2.05, 4.69) is 15.2 Å². The highest BCUT2D eigenvalue weighted by Crippen LogP contribution is 2.34. The topological polar surface area (TPSA) is 52.8 Å². The Hall–Kier alpha value is -3.33. The van der Waals surface area contributed by atoms with Gasteiger partial charge in [0.25, 0.3) is 0 Å². The standard InChI is InChI=1S/C22H17F3N4OS/c1-30-19-9-7-16(8-10-19)20-27-28-21(31-14-15-4-3-11-26-13-15)29(20)18-6-2-5-17(12-18)22(23,24)25/h2-13H,14H2,1H3. The molecular formula is C22H17F3N4OS. The number of halogens is 3. The number of hydrogen-bond acceptors (Lipinski definition) is 5. The van der Waals surface area contributed by atoms with Gasteiger partial charge in [-0.1, -0.05) is 23.9 Å². The zero-order chi connectivity index (χ0) is 21.8. The minimum absolute atomic E-state index is 0.333. The molecule has 158 valence electrons. The molecule has 0 radical (unpaired) electrons. The Balaban J connectivity index is 1.78. The fourth-order valence-electron chi connectivity index (χ4n) is 2.98. The van der Waals surface area contributed by atoms with Crippen molar-refractivity contribution in [2.75, 3.05) is 7.11 Å². The van der Waals surface area contributed by atoms with Gasteiger partial charge in [0.1, 0.15) is 5.75 Å². The van der Waals surface area contributed by atoms with Crippen LogP contribution >= 0.6 is 11.8 Å². The van der Waals surface area contributed by atoms with Gasteiger partial charge in [0.15, 0.2) is 11.0 Å². The minimum Gasteiger partial charge on any atom is -0.497 e. The SMILES string of the molecule is COc1ccc(-c2nnc(SCc3cccnc3)n2-c2cccc(C(F)(F)F)c2)cc1. The van der Waals surface area contributed by atoms with Crippen molar-refractivity contribution in [2.24, 2.45) is 0 Å². The predicted molar refractivity (Wildman–Crippen MR) is 112 cm³/mol. The summed E-state index contributed by atoms with van der Waals surface area (Å²) in [7, 11) is 1.56. The van der Waals surface area contributed by atoms with Crippen molar-refractivity contribution in [1.29, 1.82) is 0 Å².